The number of amides is 4. The van der Waals surface area contributed by atoms with Crippen LogP contribution in [0.3, 0.4) is 0 Å². The van der Waals surface area contributed by atoms with Gasteiger partial charge < -0.3 is 14.9 Å². The topological polar surface area (TPSA) is 203 Å². The van der Waals surface area contributed by atoms with E-state index in [4.69, 9.17) is 5.11 Å². The van der Waals surface area contributed by atoms with Crippen molar-refractivity contribution in [2.75, 3.05) is 63.7 Å². The van der Waals surface area contributed by atoms with Crippen molar-refractivity contribution in [3.05, 3.63) is 56.1 Å². The minimum absolute atomic E-state index is 0.0278. The number of aliphatic carboxylic acids is 1. The van der Waals surface area contributed by atoms with Crippen molar-refractivity contribution in [3.63, 3.8) is 0 Å². The monoisotopic (exact) mass is 700 g/mol. The molecule has 0 atom stereocenters. The number of urea groups is 2. The van der Waals surface area contributed by atoms with Crippen LogP contribution < -0.4 is 9.80 Å². The predicted molar refractivity (Wildman–Crippen MR) is 179 cm³/mol. The molecular formula is C28H32N10O8S2. The summed E-state index contributed by atoms with van der Waals surface area (Å²) >= 11 is 2.39. The molecule has 0 spiro atoms. The number of aromatic nitrogens is 2. The average molecular weight is 701 g/mol. The molecule has 1 N–H and O–H groups in total. The molecule has 20 heteroatoms. The van der Waals surface area contributed by atoms with Gasteiger partial charge in [0.1, 0.15) is 0 Å². The number of carbonyl (C=O) groups excluding carboxylic acids is 2. The maximum Gasteiger partial charge on any atom is 0.328 e. The van der Waals surface area contributed by atoms with Crippen molar-refractivity contribution in [2.45, 2.75) is 20.3 Å². The zero-order valence-corrected chi connectivity index (χ0v) is 28.1. The molecule has 0 bridgehead atoms. The zero-order valence-electron chi connectivity index (χ0n) is 26.4. The standard InChI is InChI=1S/C15H17N5O5S.C13H15N5O3S/c1-3-18-7-17(2)8-19(15(18)23)14-16-10-4-5-11(20(24)25)9(6-12(21)22)13(10)26-14;1-3-16-7-15(2)8-17(13(16)19)12-14-10-5-4-9(18(20)21)6-11(10)22-12/h4-5H,3,6-8H2,1-2H3,(H,21,22);4-6H,3,7-8H2,1-2H3. The number of carboxylic acid groups (broad SMARTS) is 1. The van der Waals surface area contributed by atoms with Gasteiger partial charge in [-0.2, -0.15) is 0 Å². The van der Waals surface area contributed by atoms with Gasteiger partial charge in [0, 0.05) is 31.3 Å². The molecule has 2 saturated heterocycles. The van der Waals surface area contributed by atoms with E-state index in [0.717, 1.165) is 11.3 Å². The lowest BCUT2D eigenvalue weighted by Gasteiger charge is -2.38. The van der Waals surface area contributed by atoms with Gasteiger partial charge in [-0.05, 0) is 40.1 Å². The first-order valence-corrected chi connectivity index (χ1v) is 16.3. The van der Waals surface area contributed by atoms with E-state index in [0.29, 0.717) is 70.5 Å². The third-order valence-corrected chi connectivity index (χ3v) is 9.73. The van der Waals surface area contributed by atoms with Gasteiger partial charge in [0.25, 0.3) is 11.4 Å². The van der Waals surface area contributed by atoms with Gasteiger partial charge in [0.2, 0.25) is 0 Å². The van der Waals surface area contributed by atoms with Gasteiger partial charge in [-0.3, -0.25) is 44.6 Å². The quantitative estimate of drug-likeness (QED) is 0.202. The number of fused-ring (bicyclic) bond motifs is 2. The van der Waals surface area contributed by atoms with Crippen LogP contribution in [0.2, 0.25) is 0 Å². The van der Waals surface area contributed by atoms with Gasteiger partial charge in [0.15, 0.2) is 10.3 Å². The van der Waals surface area contributed by atoms with E-state index < -0.39 is 22.2 Å². The van der Waals surface area contributed by atoms with Crippen LogP contribution in [-0.2, 0) is 11.2 Å². The second-order valence-corrected chi connectivity index (χ2v) is 13.0. The Kier molecular flexibility index (Phi) is 9.98. The molecule has 4 heterocycles. The van der Waals surface area contributed by atoms with E-state index in [-0.39, 0.29) is 29.0 Å². The summed E-state index contributed by atoms with van der Waals surface area (Å²) in [5, 5.41) is 32.2. The molecule has 18 nitrogen and oxygen atoms in total. The number of carbonyl (C=O) groups is 3. The van der Waals surface area contributed by atoms with Crippen molar-refractivity contribution < 1.29 is 29.3 Å². The maximum atomic E-state index is 12.6. The van der Waals surface area contributed by atoms with Crippen LogP contribution in [0.4, 0.5) is 31.2 Å². The summed E-state index contributed by atoms with van der Waals surface area (Å²) < 4.78 is 1.12. The first kappa shape index (κ1) is 34.3. The molecule has 0 aliphatic carbocycles. The second-order valence-electron chi connectivity index (χ2n) is 11.1. The number of nitro benzene ring substituents is 2. The Morgan fingerprint density at radius 3 is 1.90 bits per heavy atom. The number of thiazole rings is 2. The SMILES string of the molecule is CCN1CN(C)CN(c2nc3ccc([N+](=O)[O-])c(CC(=O)O)c3s2)C1=O.CCN1CN(C)CN(c2nc3ccc([N+](=O)[O-])cc3s2)C1=O. The van der Waals surface area contributed by atoms with Crippen LogP contribution in [0.5, 0.6) is 0 Å². The Balaban J connectivity index is 0.000000190. The number of carboxylic acids is 1. The highest BCUT2D eigenvalue weighted by Gasteiger charge is 2.33. The largest absolute Gasteiger partial charge is 0.481 e. The molecule has 2 fully saturated rings. The fraction of sp³-hybridized carbons (Fsp3) is 0.393. The van der Waals surface area contributed by atoms with Crippen molar-refractivity contribution in [1.82, 2.24) is 29.6 Å². The first-order valence-electron chi connectivity index (χ1n) is 14.6. The van der Waals surface area contributed by atoms with Crippen molar-refractivity contribution >= 4 is 82.8 Å². The molecule has 254 valence electrons. The highest BCUT2D eigenvalue weighted by molar-refractivity contribution is 7.22. The number of nitro groups is 2. The molecule has 2 aliphatic rings. The summed E-state index contributed by atoms with van der Waals surface area (Å²) in [5.74, 6) is -1.17. The number of anilines is 2. The second kappa shape index (κ2) is 14.0. The van der Waals surface area contributed by atoms with E-state index in [1.165, 1.54) is 40.5 Å². The van der Waals surface area contributed by atoms with E-state index >= 15 is 0 Å². The Bertz CT molecular complexity index is 1920. The van der Waals surface area contributed by atoms with Gasteiger partial charge in [0.05, 0.1) is 68.9 Å². The smallest absolute Gasteiger partial charge is 0.328 e. The molecular weight excluding hydrogens is 669 g/mol. The number of rotatable bonds is 8. The van der Waals surface area contributed by atoms with E-state index in [2.05, 4.69) is 9.97 Å². The van der Waals surface area contributed by atoms with Gasteiger partial charge in [-0.25, -0.2) is 19.6 Å². The molecule has 4 aromatic rings. The van der Waals surface area contributed by atoms with Crippen molar-refractivity contribution in [3.8, 4) is 0 Å². The summed E-state index contributed by atoms with van der Waals surface area (Å²) in [6, 6.07) is 6.98. The van der Waals surface area contributed by atoms with Crippen molar-refractivity contribution in [2.24, 2.45) is 0 Å². The fourth-order valence-corrected chi connectivity index (χ4v) is 7.33. The van der Waals surface area contributed by atoms with Crippen LogP contribution in [0, 0.1) is 20.2 Å². The Labute approximate surface area is 281 Å². The Morgan fingerprint density at radius 1 is 0.833 bits per heavy atom. The lowest BCUT2D eigenvalue weighted by molar-refractivity contribution is -0.385. The number of hydrogen-bond acceptors (Lipinski definition) is 13. The van der Waals surface area contributed by atoms with Gasteiger partial charge in [-0.1, -0.05) is 22.7 Å². The molecule has 0 radical (unpaired) electrons. The normalized spacial score (nSPS) is 16.1. The number of non-ortho nitro benzene ring substituents is 1. The minimum Gasteiger partial charge on any atom is -0.481 e. The minimum atomic E-state index is -1.17. The lowest BCUT2D eigenvalue weighted by Crippen LogP contribution is -2.56. The predicted octanol–water partition coefficient (Wildman–Crippen LogP) is 4.25. The molecule has 2 aromatic heterocycles. The molecule has 6 rings (SSSR count). The van der Waals surface area contributed by atoms with E-state index in [1.54, 1.807) is 20.8 Å². The highest BCUT2D eigenvalue weighted by Crippen LogP contribution is 2.37. The molecule has 0 saturated carbocycles. The third-order valence-electron chi connectivity index (χ3n) is 7.54. The molecule has 48 heavy (non-hydrogen) atoms. The third kappa shape index (κ3) is 6.95. The fourth-order valence-electron chi connectivity index (χ4n) is 5.26. The zero-order chi connectivity index (χ0) is 34.9. The van der Waals surface area contributed by atoms with Crippen LogP contribution in [-0.4, -0.2) is 116 Å². The summed E-state index contributed by atoms with van der Waals surface area (Å²) in [4.78, 5) is 76.5. The number of hydrogen-bond donors (Lipinski definition) is 1. The molecule has 2 aromatic carbocycles. The molecule has 2 aliphatic heterocycles. The summed E-state index contributed by atoms with van der Waals surface area (Å²) in [6.45, 7) is 6.85. The summed E-state index contributed by atoms with van der Waals surface area (Å²) in [7, 11) is 3.80. The number of nitrogens with zero attached hydrogens (tertiary/aromatic N) is 10. The lowest BCUT2D eigenvalue weighted by atomic mass is 10.1. The van der Waals surface area contributed by atoms with Gasteiger partial charge in [-0.15, -0.1) is 0 Å². The summed E-state index contributed by atoms with van der Waals surface area (Å²) in [5.41, 5.74) is 0.979. The van der Waals surface area contributed by atoms with Crippen molar-refractivity contribution in [1.29, 1.82) is 0 Å². The first-order chi connectivity index (χ1) is 22.8. The number of benzene rings is 2. The summed E-state index contributed by atoms with van der Waals surface area (Å²) in [6.07, 6.45) is -0.482. The van der Waals surface area contributed by atoms with Crippen LogP contribution in [0.15, 0.2) is 30.3 Å². The van der Waals surface area contributed by atoms with E-state index in [1.807, 2.05) is 37.7 Å². The molecule has 0 unspecified atom stereocenters. The highest BCUT2D eigenvalue weighted by atomic mass is 32.1. The Morgan fingerprint density at radius 2 is 1.38 bits per heavy atom. The van der Waals surface area contributed by atoms with Crippen LogP contribution in [0.1, 0.15) is 19.4 Å². The average Bonchev–Trinajstić information content (AvgIpc) is 3.67. The maximum absolute atomic E-state index is 12.6. The Hall–Kier alpha value is -5.05. The van der Waals surface area contributed by atoms with Crippen LogP contribution in [0.25, 0.3) is 20.4 Å². The van der Waals surface area contributed by atoms with E-state index in [9.17, 15) is 34.6 Å². The van der Waals surface area contributed by atoms with Crippen LogP contribution >= 0.6 is 22.7 Å². The molecule has 4 amide bonds. The van der Waals surface area contributed by atoms with Gasteiger partial charge >= 0.3 is 18.0 Å².